The van der Waals surface area contributed by atoms with E-state index in [1.807, 2.05) is 11.8 Å². The zero-order chi connectivity index (χ0) is 11.4. The minimum Gasteiger partial charge on any atom is -0.356 e. The summed E-state index contributed by atoms with van der Waals surface area (Å²) in [5.41, 5.74) is 0. The lowest BCUT2D eigenvalue weighted by Gasteiger charge is -2.11. The van der Waals surface area contributed by atoms with E-state index in [1.165, 1.54) is 37.9 Å². The molecule has 92 valence electrons. The summed E-state index contributed by atoms with van der Waals surface area (Å²) in [6.45, 7) is 0.888. The first kappa shape index (κ1) is 12.3. The van der Waals surface area contributed by atoms with Gasteiger partial charge in [-0.25, -0.2) is 0 Å². The van der Waals surface area contributed by atoms with E-state index in [9.17, 15) is 4.79 Å². The van der Waals surface area contributed by atoms with Crippen LogP contribution in [0.4, 0.5) is 0 Å². The maximum absolute atomic E-state index is 11.8. The molecule has 0 saturated heterocycles. The van der Waals surface area contributed by atoms with Crippen LogP contribution in [0, 0.1) is 17.8 Å². The fraction of sp³-hybridized carbons (Fsp3) is 0.923. The summed E-state index contributed by atoms with van der Waals surface area (Å²) in [5.74, 6) is 3.77. The zero-order valence-corrected chi connectivity index (χ0v) is 11.0. The molecule has 16 heavy (non-hydrogen) atoms. The van der Waals surface area contributed by atoms with Crippen molar-refractivity contribution in [2.75, 3.05) is 18.6 Å². The smallest absolute Gasteiger partial charge is 0.223 e. The Hall–Kier alpha value is -0.180. The van der Waals surface area contributed by atoms with E-state index >= 15 is 0 Å². The molecule has 2 rings (SSSR count). The molecule has 0 aromatic rings. The fourth-order valence-electron chi connectivity index (χ4n) is 2.83. The van der Waals surface area contributed by atoms with Crippen LogP contribution in [0.5, 0.6) is 0 Å². The largest absolute Gasteiger partial charge is 0.356 e. The maximum atomic E-state index is 11.8. The maximum Gasteiger partial charge on any atom is 0.223 e. The van der Waals surface area contributed by atoms with Crippen molar-refractivity contribution in [2.24, 2.45) is 17.8 Å². The number of nitrogens with one attached hydrogen (secondary N) is 1. The third-order valence-electron chi connectivity index (χ3n) is 3.94. The van der Waals surface area contributed by atoms with Gasteiger partial charge in [0, 0.05) is 12.5 Å². The lowest BCUT2D eigenvalue weighted by molar-refractivity contribution is -0.125. The molecular formula is C13H23NOS. The van der Waals surface area contributed by atoms with Gasteiger partial charge in [0.15, 0.2) is 0 Å². The SMILES string of the molecule is CSCCCCCNC(=O)C1CC2CC2C1. The van der Waals surface area contributed by atoms with Crippen LogP contribution in [0.2, 0.25) is 0 Å². The van der Waals surface area contributed by atoms with Crippen LogP contribution in [0.15, 0.2) is 0 Å². The zero-order valence-electron chi connectivity index (χ0n) is 10.2. The van der Waals surface area contributed by atoms with E-state index in [-0.39, 0.29) is 0 Å². The predicted octanol–water partition coefficient (Wildman–Crippen LogP) is 2.68. The molecule has 2 atom stereocenters. The van der Waals surface area contributed by atoms with Crippen LogP contribution < -0.4 is 5.32 Å². The summed E-state index contributed by atoms with van der Waals surface area (Å²) in [6.07, 6.45) is 9.56. The lowest BCUT2D eigenvalue weighted by Crippen LogP contribution is -2.30. The van der Waals surface area contributed by atoms with Gasteiger partial charge >= 0.3 is 0 Å². The Morgan fingerprint density at radius 2 is 1.94 bits per heavy atom. The number of fused-ring (bicyclic) bond motifs is 1. The summed E-state index contributed by atoms with van der Waals surface area (Å²) in [7, 11) is 0. The second-order valence-electron chi connectivity index (χ2n) is 5.27. The topological polar surface area (TPSA) is 29.1 Å². The van der Waals surface area contributed by atoms with Crippen LogP contribution in [-0.2, 0) is 4.79 Å². The monoisotopic (exact) mass is 241 g/mol. The quantitative estimate of drug-likeness (QED) is 0.694. The first-order chi connectivity index (χ1) is 7.81. The molecule has 2 unspecified atom stereocenters. The molecule has 3 heteroatoms. The Morgan fingerprint density at radius 3 is 2.62 bits per heavy atom. The first-order valence-electron chi connectivity index (χ1n) is 6.58. The van der Waals surface area contributed by atoms with Crippen LogP contribution in [0.1, 0.15) is 38.5 Å². The Balaban J connectivity index is 1.48. The van der Waals surface area contributed by atoms with Gasteiger partial charge in [-0.1, -0.05) is 6.42 Å². The average molecular weight is 241 g/mol. The summed E-state index contributed by atoms with van der Waals surface area (Å²) in [4.78, 5) is 11.8. The molecule has 2 fully saturated rings. The van der Waals surface area contributed by atoms with Gasteiger partial charge in [-0.3, -0.25) is 4.79 Å². The van der Waals surface area contributed by atoms with Gasteiger partial charge in [0.05, 0.1) is 0 Å². The van der Waals surface area contributed by atoms with Crippen LogP contribution >= 0.6 is 11.8 Å². The minimum atomic E-state index is 0.331. The summed E-state index contributed by atoms with van der Waals surface area (Å²) in [6, 6.07) is 0. The molecule has 0 aliphatic heterocycles. The lowest BCUT2D eigenvalue weighted by atomic mass is 10.0. The van der Waals surface area contributed by atoms with Crippen LogP contribution in [-0.4, -0.2) is 24.5 Å². The van der Waals surface area contributed by atoms with Crippen LogP contribution in [0.3, 0.4) is 0 Å². The van der Waals surface area contributed by atoms with Gasteiger partial charge in [0.1, 0.15) is 0 Å². The number of thioether (sulfide) groups is 1. The predicted molar refractivity (Wildman–Crippen MR) is 69.6 cm³/mol. The molecule has 2 aliphatic carbocycles. The van der Waals surface area contributed by atoms with Crippen molar-refractivity contribution in [1.82, 2.24) is 5.32 Å². The molecule has 2 saturated carbocycles. The molecule has 2 nitrogen and oxygen atoms in total. The van der Waals surface area contributed by atoms with E-state index in [2.05, 4.69) is 11.6 Å². The highest BCUT2D eigenvalue weighted by molar-refractivity contribution is 7.98. The molecule has 1 amide bonds. The fourth-order valence-corrected chi connectivity index (χ4v) is 3.33. The van der Waals surface area contributed by atoms with E-state index in [1.54, 1.807) is 0 Å². The van der Waals surface area contributed by atoms with Crippen LogP contribution in [0.25, 0.3) is 0 Å². The third kappa shape index (κ3) is 3.41. The molecular weight excluding hydrogens is 218 g/mol. The normalized spacial score (nSPS) is 31.2. The van der Waals surface area contributed by atoms with Gasteiger partial charge in [-0.2, -0.15) is 11.8 Å². The highest BCUT2D eigenvalue weighted by Gasteiger charge is 2.47. The van der Waals surface area contributed by atoms with Crippen molar-refractivity contribution in [3.05, 3.63) is 0 Å². The van der Waals surface area contributed by atoms with E-state index in [4.69, 9.17) is 0 Å². The summed E-state index contributed by atoms with van der Waals surface area (Å²) in [5, 5.41) is 3.10. The van der Waals surface area contributed by atoms with Crippen molar-refractivity contribution >= 4 is 17.7 Å². The number of rotatable bonds is 7. The highest BCUT2D eigenvalue weighted by atomic mass is 32.2. The van der Waals surface area contributed by atoms with E-state index < -0.39 is 0 Å². The summed E-state index contributed by atoms with van der Waals surface area (Å²) >= 11 is 1.90. The van der Waals surface area contributed by atoms with Crippen molar-refractivity contribution in [3.8, 4) is 0 Å². The van der Waals surface area contributed by atoms with Crippen molar-refractivity contribution in [2.45, 2.75) is 38.5 Å². The molecule has 0 spiro atoms. The standard InChI is InChI=1S/C13H23NOS/c1-16-6-4-2-3-5-14-13(15)12-8-10-7-11(10)9-12/h10-12H,2-9H2,1H3,(H,14,15). The molecule has 1 N–H and O–H groups in total. The second kappa shape index (κ2) is 5.95. The van der Waals surface area contributed by atoms with Gasteiger partial charge in [0.2, 0.25) is 5.91 Å². The molecule has 2 aliphatic rings. The third-order valence-corrected chi connectivity index (χ3v) is 4.64. The number of hydrogen-bond donors (Lipinski definition) is 1. The number of amides is 1. The van der Waals surface area contributed by atoms with Crippen molar-refractivity contribution < 1.29 is 4.79 Å². The van der Waals surface area contributed by atoms with E-state index in [0.29, 0.717) is 11.8 Å². The average Bonchev–Trinajstić information content (AvgIpc) is 2.90. The number of carbonyl (C=O) groups is 1. The number of carbonyl (C=O) groups excluding carboxylic acids is 1. The van der Waals surface area contributed by atoms with Crippen molar-refractivity contribution in [1.29, 1.82) is 0 Å². The number of unbranched alkanes of at least 4 members (excludes halogenated alkanes) is 2. The van der Waals surface area contributed by atoms with E-state index in [0.717, 1.165) is 24.8 Å². The van der Waals surface area contributed by atoms with Gasteiger partial charge < -0.3 is 5.32 Å². The molecule has 0 bridgehead atoms. The van der Waals surface area contributed by atoms with Crippen molar-refractivity contribution in [3.63, 3.8) is 0 Å². The second-order valence-corrected chi connectivity index (χ2v) is 6.25. The Morgan fingerprint density at radius 1 is 1.19 bits per heavy atom. The molecule has 0 radical (unpaired) electrons. The van der Waals surface area contributed by atoms with Gasteiger partial charge in [-0.15, -0.1) is 0 Å². The first-order valence-corrected chi connectivity index (χ1v) is 7.97. The Bertz CT molecular complexity index is 234. The molecule has 0 heterocycles. The Kier molecular flexibility index (Phi) is 4.56. The van der Waals surface area contributed by atoms with Gasteiger partial charge in [0.25, 0.3) is 0 Å². The van der Waals surface area contributed by atoms with Gasteiger partial charge in [-0.05, 0) is 55.9 Å². The molecule has 0 aromatic carbocycles. The summed E-state index contributed by atoms with van der Waals surface area (Å²) < 4.78 is 0. The highest BCUT2D eigenvalue weighted by Crippen LogP contribution is 2.54. The minimum absolute atomic E-state index is 0.331. The number of hydrogen-bond acceptors (Lipinski definition) is 2. The Labute approximate surface area is 103 Å². The molecule has 0 aromatic heterocycles.